The van der Waals surface area contributed by atoms with Crippen molar-refractivity contribution in [1.29, 1.82) is 0 Å². The monoisotopic (exact) mass is 500 g/mol. The van der Waals surface area contributed by atoms with E-state index in [4.69, 9.17) is 4.98 Å². The summed E-state index contributed by atoms with van der Waals surface area (Å²) in [6.07, 6.45) is 0. The second-order valence-corrected chi connectivity index (χ2v) is 10.2. The first-order valence-corrected chi connectivity index (χ1v) is 13.3. The molecule has 37 heavy (non-hydrogen) atoms. The summed E-state index contributed by atoms with van der Waals surface area (Å²) < 4.78 is 3.46. The summed E-state index contributed by atoms with van der Waals surface area (Å²) in [4.78, 5) is 18.0. The largest absolute Gasteiger partial charge is 0.341 e. The number of para-hydroxylation sites is 2. The van der Waals surface area contributed by atoms with Gasteiger partial charge in [0.15, 0.2) is 0 Å². The zero-order valence-corrected chi connectivity index (χ0v) is 21.0. The standard InChI is InChI=1S/C31H24N4OS/c1-2-35-24-14-8-6-12-21(24)22-18-20(16-17-25(22)35)29-27(30-32-23-13-7-9-15-26(23)37-30)28(33-31(36)34-29)19-10-4-3-5-11-19/h3-18,29H,2H2,1H3,(H2,33,34,36)/t29-/m0/s1. The van der Waals surface area contributed by atoms with Crippen molar-refractivity contribution in [1.82, 2.24) is 20.2 Å². The predicted molar refractivity (Wildman–Crippen MR) is 152 cm³/mol. The average Bonchev–Trinajstić information content (AvgIpc) is 3.51. The summed E-state index contributed by atoms with van der Waals surface area (Å²) in [5.74, 6) is 0. The first-order valence-electron chi connectivity index (χ1n) is 12.4. The van der Waals surface area contributed by atoms with Crippen LogP contribution >= 0.6 is 11.3 Å². The molecule has 0 unspecified atom stereocenters. The van der Waals surface area contributed by atoms with Gasteiger partial charge in [-0.05, 0) is 48.4 Å². The van der Waals surface area contributed by atoms with E-state index in [0.717, 1.165) is 44.2 Å². The molecule has 5 nitrogen and oxygen atoms in total. The van der Waals surface area contributed by atoms with Gasteiger partial charge in [-0.1, -0.05) is 66.7 Å². The summed E-state index contributed by atoms with van der Waals surface area (Å²) >= 11 is 1.65. The molecular formula is C31H24N4OS. The van der Waals surface area contributed by atoms with E-state index < -0.39 is 0 Å². The summed E-state index contributed by atoms with van der Waals surface area (Å²) in [5, 5.41) is 9.61. The zero-order valence-electron chi connectivity index (χ0n) is 20.2. The number of thiazole rings is 1. The third-order valence-corrected chi connectivity index (χ3v) is 8.17. The SMILES string of the molecule is CCn1c2ccccc2c2cc([C@@H]3NC(=O)NC(c4ccccc4)=C3c3nc4ccccc4s3)ccc21. The second-order valence-electron chi connectivity index (χ2n) is 9.21. The number of fused-ring (bicyclic) bond motifs is 4. The van der Waals surface area contributed by atoms with Crippen LogP contribution < -0.4 is 10.6 Å². The number of aromatic nitrogens is 2. The number of carbonyl (C=O) groups excluding carboxylic acids is 1. The van der Waals surface area contributed by atoms with E-state index in [1.54, 1.807) is 11.3 Å². The van der Waals surface area contributed by atoms with Crippen LogP contribution in [0.4, 0.5) is 4.79 Å². The number of amides is 2. The van der Waals surface area contributed by atoms with Crippen LogP contribution in [0, 0.1) is 0 Å². The quantitative estimate of drug-likeness (QED) is 0.266. The highest BCUT2D eigenvalue weighted by atomic mass is 32.1. The van der Waals surface area contributed by atoms with Crippen molar-refractivity contribution in [3.8, 4) is 0 Å². The molecule has 2 amide bonds. The lowest BCUT2D eigenvalue weighted by atomic mass is 9.92. The lowest BCUT2D eigenvalue weighted by Crippen LogP contribution is -2.42. The number of hydrogen-bond acceptors (Lipinski definition) is 3. The normalized spacial score (nSPS) is 15.9. The van der Waals surface area contributed by atoms with Gasteiger partial charge in [0.05, 0.1) is 22.0 Å². The average molecular weight is 501 g/mol. The minimum atomic E-state index is -0.349. The van der Waals surface area contributed by atoms with Gasteiger partial charge >= 0.3 is 6.03 Å². The summed E-state index contributed by atoms with van der Waals surface area (Å²) in [6, 6.07) is 32.7. The molecule has 0 saturated carbocycles. The Morgan fingerprint density at radius 1 is 0.865 bits per heavy atom. The Labute approximate surface area is 218 Å². The van der Waals surface area contributed by atoms with Crippen molar-refractivity contribution >= 4 is 60.7 Å². The Hall–Kier alpha value is -4.42. The molecule has 6 heteroatoms. The van der Waals surface area contributed by atoms with Gasteiger partial charge in [-0.15, -0.1) is 11.3 Å². The highest BCUT2D eigenvalue weighted by molar-refractivity contribution is 7.19. The van der Waals surface area contributed by atoms with Gasteiger partial charge in [0, 0.05) is 33.9 Å². The van der Waals surface area contributed by atoms with Crippen LogP contribution in [0.5, 0.6) is 0 Å². The molecule has 0 radical (unpaired) electrons. The summed E-state index contributed by atoms with van der Waals surface area (Å²) in [7, 11) is 0. The van der Waals surface area contributed by atoms with Crippen LogP contribution in [-0.4, -0.2) is 15.6 Å². The number of urea groups is 1. The van der Waals surface area contributed by atoms with Gasteiger partial charge in [-0.25, -0.2) is 9.78 Å². The Morgan fingerprint density at radius 3 is 2.46 bits per heavy atom. The lowest BCUT2D eigenvalue weighted by molar-refractivity contribution is 0.242. The molecule has 6 aromatic rings. The minimum absolute atomic E-state index is 0.218. The summed E-state index contributed by atoms with van der Waals surface area (Å²) in [5.41, 5.74) is 7.14. The molecule has 0 aliphatic carbocycles. The fraction of sp³-hybridized carbons (Fsp3) is 0.0968. The van der Waals surface area contributed by atoms with Gasteiger partial charge in [0.25, 0.3) is 0 Å². The zero-order chi connectivity index (χ0) is 24.9. The molecular weight excluding hydrogens is 476 g/mol. The lowest BCUT2D eigenvalue weighted by Gasteiger charge is -2.30. The third kappa shape index (κ3) is 3.52. The van der Waals surface area contributed by atoms with E-state index in [1.165, 1.54) is 21.8 Å². The van der Waals surface area contributed by atoms with Crippen LogP contribution in [0.25, 0.3) is 43.3 Å². The molecule has 0 saturated heterocycles. The first kappa shape index (κ1) is 21.8. The molecule has 2 N–H and O–H groups in total. The smallest absolute Gasteiger partial charge is 0.320 e. The van der Waals surface area contributed by atoms with E-state index in [0.29, 0.717) is 0 Å². The van der Waals surface area contributed by atoms with Crippen LogP contribution in [0.2, 0.25) is 0 Å². The molecule has 0 spiro atoms. The molecule has 3 heterocycles. The van der Waals surface area contributed by atoms with Crippen LogP contribution in [0.15, 0.2) is 97.1 Å². The molecule has 1 aliphatic heterocycles. The predicted octanol–water partition coefficient (Wildman–Crippen LogP) is 7.35. The van der Waals surface area contributed by atoms with Crippen molar-refractivity contribution in [2.24, 2.45) is 0 Å². The van der Waals surface area contributed by atoms with Gasteiger partial charge in [-0.3, -0.25) is 0 Å². The molecule has 4 aromatic carbocycles. The highest BCUT2D eigenvalue weighted by Crippen LogP contribution is 2.42. The molecule has 0 bridgehead atoms. The fourth-order valence-corrected chi connectivity index (χ4v) is 6.50. The molecule has 2 aromatic heterocycles. The Balaban J connectivity index is 1.49. The van der Waals surface area contributed by atoms with E-state index in [1.807, 2.05) is 48.5 Å². The topological polar surface area (TPSA) is 59.0 Å². The fourth-order valence-electron chi connectivity index (χ4n) is 5.46. The first-order chi connectivity index (χ1) is 18.2. The van der Waals surface area contributed by atoms with Gasteiger partial charge in [0.2, 0.25) is 0 Å². The van der Waals surface area contributed by atoms with Crippen LogP contribution in [0.3, 0.4) is 0 Å². The minimum Gasteiger partial charge on any atom is -0.341 e. The summed E-state index contributed by atoms with van der Waals surface area (Å²) in [6.45, 7) is 3.06. The van der Waals surface area contributed by atoms with E-state index in [9.17, 15) is 4.79 Å². The van der Waals surface area contributed by atoms with E-state index in [-0.39, 0.29) is 12.1 Å². The Morgan fingerprint density at radius 2 is 1.62 bits per heavy atom. The Kier molecular flexibility index (Phi) is 5.08. The van der Waals surface area contributed by atoms with E-state index in [2.05, 4.69) is 70.7 Å². The van der Waals surface area contributed by atoms with Crippen LogP contribution in [-0.2, 0) is 6.54 Å². The molecule has 1 atom stereocenters. The highest BCUT2D eigenvalue weighted by Gasteiger charge is 2.32. The van der Waals surface area contributed by atoms with Crippen LogP contribution in [0.1, 0.15) is 29.1 Å². The number of carbonyl (C=O) groups is 1. The van der Waals surface area contributed by atoms with E-state index >= 15 is 0 Å². The maximum atomic E-state index is 13.0. The van der Waals surface area contributed by atoms with Crippen molar-refractivity contribution < 1.29 is 4.79 Å². The van der Waals surface area contributed by atoms with Gasteiger partial charge in [0.1, 0.15) is 5.01 Å². The number of benzene rings is 4. The molecule has 0 fully saturated rings. The maximum Gasteiger partial charge on any atom is 0.320 e. The van der Waals surface area contributed by atoms with Crippen molar-refractivity contribution in [2.45, 2.75) is 19.5 Å². The number of rotatable bonds is 4. The number of nitrogens with one attached hydrogen (secondary N) is 2. The van der Waals surface area contributed by atoms with Gasteiger partial charge in [-0.2, -0.15) is 0 Å². The number of aryl methyl sites for hydroxylation is 1. The van der Waals surface area contributed by atoms with Crippen molar-refractivity contribution in [3.05, 3.63) is 113 Å². The Bertz CT molecular complexity index is 1810. The molecule has 1 aliphatic rings. The van der Waals surface area contributed by atoms with Gasteiger partial charge < -0.3 is 15.2 Å². The maximum absolute atomic E-state index is 13.0. The van der Waals surface area contributed by atoms with Crippen molar-refractivity contribution in [2.75, 3.05) is 0 Å². The third-order valence-electron chi connectivity index (χ3n) is 7.10. The second kappa shape index (κ2) is 8.61. The molecule has 7 rings (SSSR count). The van der Waals surface area contributed by atoms with Crippen molar-refractivity contribution in [3.63, 3.8) is 0 Å². The number of hydrogen-bond donors (Lipinski definition) is 2. The molecule has 180 valence electrons. The number of nitrogens with zero attached hydrogens (tertiary/aromatic N) is 2.